The molecule has 0 saturated carbocycles. The maximum absolute atomic E-state index is 6.01. The van der Waals surface area contributed by atoms with Crippen LogP contribution in [0.3, 0.4) is 0 Å². The molecule has 5 heteroatoms. The summed E-state index contributed by atoms with van der Waals surface area (Å²) in [6.45, 7) is 0.624. The SMILES string of the molecule is Clc1ccc(Cl)c(CNc2cn[nH]c2)c1. The molecular formula is C10H9Cl2N3. The fourth-order valence-corrected chi connectivity index (χ4v) is 1.60. The zero-order valence-corrected chi connectivity index (χ0v) is 9.31. The highest BCUT2D eigenvalue weighted by Crippen LogP contribution is 2.21. The third-order valence-electron chi connectivity index (χ3n) is 1.99. The van der Waals surface area contributed by atoms with Crippen LogP contribution in [0.5, 0.6) is 0 Å². The molecule has 0 amide bonds. The van der Waals surface area contributed by atoms with Gasteiger partial charge >= 0.3 is 0 Å². The largest absolute Gasteiger partial charge is 0.378 e. The molecular weight excluding hydrogens is 233 g/mol. The zero-order chi connectivity index (χ0) is 10.7. The number of benzene rings is 1. The van der Waals surface area contributed by atoms with Gasteiger partial charge in [0.1, 0.15) is 0 Å². The molecule has 2 rings (SSSR count). The van der Waals surface area contributed by atoms with E-state index in [1.807, 2.05) is 6.07 Å². The first kappa shape index (κ1) is 10.3. The number of H-pyrrole nitrogens is 1. The molecule has 0 unspecified atom stereocenters. The highest BCUT2D eigenvalue weighted by Gasteiger charge is 2.01. The molecule has 0 spiro atoms. The molecule has 2 N–H and O–H groups in total. The number of aromatic nitrogens is 2. The van der Waals surface area contributed by atoms with Gasteiger partial charge in [0, 0.05) is 22.8 Å². The topological polar surface area (TPSA) is 40.7 Å². The van der Waals surface area contributed by atoms with Gasteiger partial charge in [-0.1, -0.05) is 23.2 Å². The van der Waals surface area contributed by atoms with Gasteiger partial charge < -0.3 is 5.32 Å². The fraction of sp³-hybridized carbons (Fsp3) is 0.100. The molecule has 3 nitrogen and oxygen atoms in total. The monoisotopic (exact) mass is 241 g/mol. The minimum atomic E-state index is 0.624. The van der Waals surface area contributed by atoms with E-state index < -0.39 is 0 Å². The van der Waals surface area contributed by atoms with E-state index >= 15 is 0 Å². The molecule has 0 bridgehead atoms. The molecule has 1 aromatic carbocycles. The van der Waals surface area contributed by atoms with Gasteiger partial charge in [0.05, 0.1) is 11.9 Å². The van der Waals surface area contributed by atoms with E-state index in [-0.39, 0.29) is 0 Å². The first-order valence-electron chi connectivity index (χ1n) is 4.42. The van der Waals surface area contributed by atoms with E-state index in [1.54, 1.807) is 24.5 Å². The van der Waals surface area contributed by atoms with Gasteiger partial charge in [0.15, 0.2) is 0 Å². The molecule has 78 valence electrons. The Balaban J connectivity index is 2.07. The first-order chi connectivity index (χ1) is 7.25. The van der Waals surface area contributed by atoms with Crippen molar-refractivity contribution in [1.82, 2.24) is 10.2 Å². The van der Waals surface area contributed by atoms with Crippen molar-refractivity contribution in [2.24, 2.45) is 0 Å². The van der Waals surface area contributed by atoms with Crippen LogP contribution in [-0.2, 0) is 6.54 Å². The molecule has 0 aliphatic rings. The van der Waals surface area contributed by atoms with Crippen LogP contribution in [0.1, 0.15) is 5.56 Å². The Morgan fingerprint density at radius 1 is 1.33 bits per heavy atom. The summed E-state index contributed by atoms with van der Waals surface area (Å²) in [4.78, 5) is 0. The third-order valence-corrected chi connectivity index (χ3v) is 2.59. The van der Waals surface area contributed by atoms with Crippen LogP contribution in [0.4, 0.5) is 5.69 Å². The lowest BCUT2D eigenvalue weighted by atomic mass is 10.2. The third kappa shape index (κ3) is 2.64. The average molecular weight is 242 g/mol. The first-order valence-corrected chi connectivity index (χ1v) is 5.18. The zero-order valence-electron chi connectivity index (χ0n) is 7.80. The Bertz CT molecular complexity index is 440. The molecule has 15 heavy (non-hydrogen) atoms. The van der Waals surface area contributed by atoms with Crippen molar-refractivity contribution >= 4 is 28.9 Å². The summed E-state index contributed by atoms with van der Waals surface area (Å²) in [5, 5.41) is 11.1. The summed E-state index contributed by atoms with van der Waals surface area (Å²) in [6, 6.07) is 5.40. The smallest absolute Gasteiger partial charge is 0.0726 e. The summed E-state index contributed by atoms with van der Waals surface area (Å²) in [6.07, 6.45) is 3.48. The summed E-state index contributed by atoms with van der Waals surface area (Å²) >= 11 is 11.9. The van der Waals surface area contributed by atoms with E-state index in [9.17, 15) is 0 Å². The number of hydrogen-bond acceptors (Lipinski definition) is 2. The Labute approximate surface area is 97.4 Å². The molecule has 0 atom stereocenters. The fourth-order valence-electron chi connectivity index (χ4n) is 1.22. The van der Waals surface area contributed by atoms with E-state index in [0.717, 1.165) is 11.3 Å². The van der Waals surface area contributed by atoms with Gasteiger partial charge in [0.2, 0.25) is 0 Å². The summed E-state index contributed by atoms with van der Waals surface area (Å²) in [5.41, 5.74) is 1.89. The lowest BCUT2D eigenvalue weighted by Crippen LogP contribution is -1.98. The normalized spacial score (nSPS) is 10.3. The Morgan fingerprint density at radius 2 is 2.20 bits per heavy atom. The van der Waals surface area contributed by atoms with Crippen molar-refractivity contribution in [2.75, 3.05) is 5.32 Å². The highest BCUT2D eigenvalue weighted by atomic mass is 35.5. The second kappa shape index (κ2) is 4.55. The highest BCUT2D eigenvalue weighted by molar-refractivity contribution is 6.33. The second-order valence-corrected chi connectivity index (χ2v) is 3.92. The standard InChI is InChI=1S/C10H9Cl2N3/c11-8-1-2-10(12)7(3-8)4-13-9-5-14-15-6-9/h1-3,5-6,13H,4H2,(H,14,15). The van der Waals surface area contributed by atoms with Crippen LogP contribution in [0.15, 0.2) is 30.6 Å². The van der Waals surface area contributed by atoms with Crippen LogP contribution >= 0.6 is 23.2 Å². The molecule has 1 heterocycles. The quantitative estimate of drug-likeness (QED) is 0.866. The summed E-state index contributed by atoms with van der Waals surface area (Å²) < 4.78 is 0. The van der Waals surface area contributed by atoms with Crippen molar-refractivity contribution < 1.29 is 0 Å². The van der Waals surface area contributed by atoms with E-state index in [2.05, 4.69) is 15.5 Å². The maximum atomic E-state index is 6.01. The number of rotatable bonds is 3. The van der Waals surface area contributed by atoms with E-state index in [1.165, 1.54) is 0 Å². The summed E-state index contributed by atoms with van der Waals surface area (Å²) in [7, 11) is 0. The number of halogens is 2. The second-order valence-electron chi connectivity index (χ2n) is 3.08. The number of aromatic amines is 1. The predicted molar refractivity (Wildman–Crippen MR) is 62.4 cm³/mol. The number of hydrogen-bond donors (Lipinski definition) is 2. The summed E-state index contributed by atoms with van der Waals surface area (Å²) in [5.74, 6) is 0. The maximum Gasteiger partial charge on any atom is 0.0726 e. The predicted octanol–water partition coefficient (Wildman–Crippen LogP) is 3.33. The average Bonchev–Trinajstić information content (AvgIpc) is 2.72. The molecule has 0 radical (unpaired) electrons. The van der Waals surface area contributed by atoms with Crippen molar-refractivity contribution in [3.63, 3.8) is 0 Å². The van der Waals surface area contributed by atoms with Crippen LogP contribution in [0.2, 0.25) is 10.0 Å². The lowest BCUT2D eigenvalue weighted by molar-refractivity contribution is 1.09. The van der Waals surface area contributed by atoms with Crippen LogP contribution < -0.4 is 5.32 Å². The molecule has 0 saturated heterocycles. The van der Waals surface area contributed by atoms with Crippen LogP contribution in [0, 0.1) is 0 Å². The van der Waals surface area contributed by atoms with Gasteiger partial charge in [-0.05, 0) is 23.8 Å². The van der Waals surface area contributed by atoms with E-state index in [0.29, 0.717) is 16.6 Å². The van der Waals surface area contributed by atoms with Crippen molar-refractivity contribution in [3.8, 4) is 0 Å². The Kier molecular flexibility index (Phi) is 3.14. The van der Waals surface area contributed by atoms with Gasteiger partial charge in [-0.25, -0.2) is 0 Å². The lowest BCUT2D eigenvalue weighted by Gasteiger charge is -2.06. The van der Waals surface area contributed by atoms with Gasteiger partial charge in [0.25, 0.3) is 0 Å². The molecule has 1 aromatic heterocycles. The van der Waals surface area contributed by atoms with Crippen molar-refractivity contribution in [3.05, 3.63) is 46.2 Å². The van der Waals surface area contributed by atoms with Crippen molar-refractivity contribution in [1.29, 1.82) is 0 Å². The van der Waals surface area contributed by atoms with Crippen molar-refractivity contribution in [2.45, 2.75) is 6.54 Å². The Hall–Kier alpha value is -1.19. The molecule has 0 aliphatic heterocycles. The molecule has 0 aliphatic carbocycles. The van der Waals surface area contributed by atoms with Crippen LogP contribution in [-0.4, -0.2) is 10.2 Å². The molecule has 2 aromatic rings. The van der Waals surface area contributed by atoms with E-state index in [4.69, 9.17) is 23.2 Å². The number of nitrogens with one attached hydrogen (secondary N) is 2. The minimum Gasteiger partial charge on any atom is -0.378 e. The molecule has 0 fully saturated rings. The Morgan fingerprint density at radius 3 is 2.93 bits per heavy atom. The number of nitrogens with zero attached hydrogens (tertiary/aromatic N) is 1. The van der Waals surface area contributed by atoms with Gasteiger partial charge in [-0.15, -0.1) is 0 Å². The van der Waals surface area contributed by atoms with Crippen LogP contribution in [0.25, 0.3) is 0 Å². The van der Waals surface area contributed by atoms with Gasteiger partial charge in [-0.2, -0.15) is 5.10 Å². The van der Waals surface area contributed by atoms with Gasteiger partial charge in [-0.3, -0.25) is 5.10 Å². The minimum absolute atomic E-state index is 0.624. The number of anilines is 1.